The Morgan fingerprint density at radius 1 is 0.897 bits per heavy atom. The number of hydrogen-bond donors (Lipinski definition) is 0. The number of hydrogen-bond acceptors (Lipinski definition) is 3. The van der Waals surface area contributed by atoms with Gasteiger partial charge in [-0.3, -0.25) is 14.6 Å². The third-order valence-electron chi connectivity index (χ3n) is 5.32. The fraction of sp³-hybridized carbons (Fsp3) is 0.261. The van der Waals surface area contributed by atoms with E-state index in [9.17, 15) is 14.0 Å². The number of fused-ring (bicyclic) bond motifs is 1. The number of nitrogens with zero attached hydrogens (tertiary/aromatic N) is 3. The maximum atomic E-state index is 13.4. The molecule has 3 aromatic rings. The molecule has 1 saturated heterocycles. The zero-order valence-corrected chi connectivity index (χ0v) is 16.5. The fourth-order valence-electron chi connectivity index (χ4n) is 3.70. The highest BCUT2D eigenvalue weighted by molar-refractivity contribution is 5.99. The number of piperazine rings is 1. The summed E-state index contributed by atoms with van der Waals surface area (Å²) in [6.45, 7) is 5.56. The molecule has 0 aliphatic carbocycles. The van der Waals surface area contributed by atoms with Gasteiger partial charge in [0.2, 0.25) is 0 Å². The van der Waals surface area contributed by atoms with Gasteiger partial charge in [0, 0.05) is 37.1 Å². The lowest BCUT2D eigenvalue weighted by Gasteiger charge is -2.35. The molecule has 0 bridgehead atoms. The molecule has 2 heterocycles. The molecule has 0 unspecified atom stereocenters. The van der Waals surface area contributed by atoms with E-state index in [1.165, 1.54) is 18.2 Å². The summed E-state index contributed by atoms with van der Waals surface area (Å²) in [7, 11) is 0. The first-order valence-electron chi connectivity index (χ1n) is 9.64. The van der Waals surface area contributed by atoms with Crippen molar-refractivity contribution in [3.8, 4) is 0 Å². The third kappa shape index (κ3) is 3.83. The monoisotopic (exact) mass is 391 g/mol. The number of aromatic nitrogens is 1. The summed E-state index contributed by atoms with van der Waals surface area (Å²) in [5.41, 5.74) is 3.61. The van der Waals surface area contributed by atoms with E-state index < -0.39 is 5.82 Å². The lowest BCUT2D eigenvalue weighted by molar-refractivity contribution is 0.0534. The molecule has 1 fully saturated rings. The number of rotatable bonds is 2. The van der Waals surface area contributed by atoms with Crippen molar-refractivity contribution < 1.29 is 14.0 Å². The fourth-order valence-corrected chi connectivity index (χ4v) is 3.70. The van der Waals surface area contributed by atoms with E-state index in [0.717, 1.165) is 16.5 Å². The molecule has 2 aromatic carbocycles. The van der Waals surface area contributed by atoms with Crippen LogP contribution in [0.2, 0.25) is 0 Å². The van der Waals surface area contributed by atoms with Gasteiger partial charge in [-0.25, -0.2) is 4.39 Å². The van der Waals surface area contributed by atoms with Crippen molar-refractivity contribution in [1.29, 1.82) is 0 Å². The summed E-state index contributed by atoms with van der Waals surface area (Å²) >= 11 is 0. The Balaban J connectivity index is 1.48. The van der Waals surface area contributed by atoms with Gasteiger partial charge in [0.05, 0.1) is 16.8 Å². The van der Waals surface area contributed by atoms with Crippen LogP contribution in [0, 0.1) is 19.7 Å². The average Bonchev–Trinajstić information content (AvgIpc) is 2.72. The Morgan fingerprint density at radius 3 is 2.28 bits per heavy atom. The predicted molar refractivity (Wildman–Crippen MR) is 109 cm³/mol. The zero-order chi connectivity index (χ0) is 20.5. The standard InChI is InChI=1S/C23H22FN3O2/c1-15-6-7-21-18(12-15)14-20(16(2)25-21)23(29)27-10-8-26(9-11-27)22(28)17-4-3-5-19(24)13-17/h3-7,12-14H,8-11H2,1-2H3. The molecule has 2 amide bonds. The number of benzene rings is 2. The van der Waals surface area contributed by atoms with Crippen LogP contribution in [0.3, 0.4) is 0 Å². The van der Waals surface area contributed by atoms with Crippen molar-refractivity contribution in [3.63, 3.8) is 0 Å². The minimum Gasteiger partial charge on any atom is -0.335 e. The zero-order valence-electron chi connectivity index (χ0n) is 16.5. The highest BCUT2D eigenvalue weighted by atomic mass is 19.1. The summed E-state index contributed by atoms with van der Waals surface area (Å²) in [5, 5.41) is 0.943. The molecule has 0 saturated carbocycles. The molecule has 0 radical (unpaired) electrons. The molecule has 0 spiro atoms. The number of pyridine rings is 1. The van der Waals surface area contributed by atoms with E-state index in [0.29, 0.717) is 43.0 Å². The topological polar surface area (TPSA) is 53.5 Å². The summed E-state index contributed by atoms with van der Waals surface area (Å²) in [6, 6.07) is 13.6. The van der Waals surface area contributed by atoms with E-state index in [-0.39, 0.29) is 11.8 Å². The van der Waals surface area contributed by atoms with Gasteiger partial charge in [-0.2, -0.15) is 0 Å². The minimum absolute atomic E-state index is 0.0729. The summed E-state index contributed by atoms with van der Waals surface area (Å²) < 4.78 is 13.4. The van der Waals surface area contributed by atoms with Gasteiger partial charge in [-0.15, -0.1) is 0 Å². The summed E-state index contributed by atoms with van der Waals surface area (Å²) in [4.78, 5) is 33.6. The summed E-state index contributed by atoms with van der Waals surface area (Å²) in [5.74, 6) is -0.717. The molecule has 1 aliphatic rings. The van der Waals surface area contributed by atoms with Crippen molar-refractivity contribution in [2.24, 2.45) is 0 Å². The van der Waals surface area contributed by atoms with Crippen molar-refractivity contribution >= 4 is 22.7 Å². The smallest absolute Gasteiger partial charge is 0.255 e. The predicted octanol–water partition coefficient (Wildman–Crippen LogP) is 3.59. The van der Waals surface area contributed by atoms with Crippen LogP contribution in [0.1, 0.15) is 32.0 Å². The van der Waals surface area contributed by atoms with E-state index >= 15 is 0 Å². The average molecular weight is 391 g/mol. The first kappa shape index (κ1) is 19.1. The number of amides is 2. The van der Waals surface area contributed by atoms with Crippen LogP contribution in [0.5, 0.6) is 0 Å². The Bertz CT molecular complexity index is 1100. The molecule has 6 heteroatoms. The van der Waals surface area contributed by atoms with Gasteiger partial charge in [-0.05, 0) is 50.2 Å². The second-order valence-electron chi connectivity index (χ2n) is 7.41. The molecule has 1 aromatic heterocycles. The maximum absolute atomic E-state index is 13.4. The molecule has 29 heavy (non-hydrogen) atoms. The third-order valence-corrected chi connectivity index (χ3v) is 5.32. The number of carbonyl (C=O) groups excluding carboxylic acids is 2. The quantitative estimate of drug-likeness (QED) is 0.671. The molecular weight excluding hydrogens is 369 g/mol. The second kappa shape index (κ2) is 7.62. The van der Waals surface area contributed by atoms with E-state index in [1.54, 1.807) is 15.9 Å². The Hall–Kier alpha value is -3.28. The molecule has 0 N–H and O–H groups in total. The Labute approximate surface area is 168 Å². The maximum Gasteiger partial charge on any atom is 0.255 e. The second-order valence-corrected chi connectivity index (χ2v) is 7.41. The summed E-state index contributed by atoms with van der Waals surface area (Å²) in [6.07, 6.45) is 0. The van der Waals surface area contributed by atoms with Crippen LogP contribution in [0.25, 0.3) is 10.9 Å². The van der Waals surface area contributed by atoms with Crippen LogP contribution in [-0.2, 0) is 0 Å². The first-order chi connectivity index (χ1) is 13.9. The molecular formula is C23H22FN3O2. The van der Waals surface area contributed by atoms with E-state index in [4.69, 9.17) is 0 Å². The van der Waals surface area contributed by atoms with Gasteiger partial charge >= 0.3 is 0 Å². The van der Waals surface area contributed by atoms with Gasteiger partial charge in [-0.1, -0.05) is 17.7 Å². The number of carbonyl (C=O) groups is 2. The highest BCUT2D eigenvalue weighted by Gasteiger charge is 2.26. The van der Waals surface area contributed by atoms with Gasteiger partial charge < -0.3 is 9.80 Å². The lowest BCUT2D eigenvalue weighted by atomic mass is 10.1. The molecule has 148 valence electrons. The Morgan fingerprint density at radius 2 is 1.59 bits per heavy atom. The molecule has 5 nitrogen and oxygen atoms in total. The lowest BCUT2D eigenvalue weighted by Crippen LogP contribution is -2.50. The Kier molecular flexibility index (Phi) is 5.01. The van der Waals surface area contributed by atoms with Gasteiger partial charge in [0.1, 0.15) is 5.82 Å². The van der Waals surface area contributed by atoms with E-state index in [1.807, 2.05) is 38.1 Å². The van der Waals surface area contributed by atoms with Crippen LogP contribution < -0.4 is 0 Å². The van der Waals surface area contributed by atoms with Crippen molar-refractivity contribution in [2.75, 3.05) is 26.2 Å². The number of halogens is 1. The number of aryl methyl sites for hydroxylation is 2. The van der Waals surface area contributed by atoms with Gasteiger partial charge in [0.25, 0.3) is 11.8 Å². The van der Waals surface area contributed by atoms with Crippen LogP contribution in [0.4, 0.5) is 4.39 Å². The van der Waals surface area contributed by atoms with Crippen LogP contribution in [-0.4, -0.2) is 52.8 Å². The van der Waals surface area contributed by atoms with Crippen LogP contribution >= 0.6 is 0 Å². The molecule has 4 rings (SSSR count). The largest absolute Gasteiger partial charge is 0.335 e. The first-order valence-corrected chi connectivity index (χ1v) is 9.64. The molecule has 1 aliphatic heterocycles. The van der Waals surface area contributed by atoms with Crippen LogP contribution in [0.15, 0.2) is 48.5 Å². The van der Waals surface area contributed by atoms with Crippen molar-refractivity contribution in [3.05, 3.63) is 76.7 Å². The van der Waals surface area contributed by atoms with Gasteiger partial charge in [0.15, 0.2) is 0 Å². The SMILES string of the molecule is Cc1ccc2nc(C)c(C(=O)N3CCN(C(=O)c4cccc(F)c4)CC3)cc2c1. The normalized spacial score (nSPS) is 14.3. The van der Waals surface area contributed by atoms with Crippen molar-refractivity contribution in [2.45, 2.75) is 13.8 Å². The van der Waals surface area contributed by atoms with Crippen molar-refractivity contribution in [1.82, 2.24) is 14.8 Å². The van der Waals surface area contributed by atoms with E-state index in [2.05, 4.69) is 4.98 Å². The molecule has 0 atom stereocenters. The highest BCUT2D eigenvalue weighted by Crippen LogP contribution is 2.20. The minimum atomic E-state index is -0.431.